The fraction of sp³-hybridized carbons (Fsp3) is 0.364. The quantitative estimate of drug-likeness (QED) is 0.425. The third kappa shape index (κ3) is 4.55. The minimum Gasteiger partial charge on any atom is -0.454 e. The summed E-state index contributed by atoms with van der Waals surface area (Å²) >= 11 is 0. The van der Waals surface area contributed by atoms with Crippen LogP contribution in [0.25, 0.3) is 0 Å². The number of carbonyl (C=O) groups excluding carboxylic acids is 2. The molecule has 0 aromatic heterocycles. The topological polar surface area (TPSA) is 91.3 Å². The fourth-order valence-corrected chi connectivity index (χ4v) is 3.86. The molecule has 1 saturated heterocycles. The molecule has 1 fully saturated rings. The maximum Gasteiger partial charge on any atom is 0.256 e. The number of carbonyl (C=O) groups is 2. The van der Waals surface area contributed by atoms with Crippen LogP contribution in [0.15, 0.2) is 48.5 Å². The molecule has 2 N–H and O–H groups in total. The van der Waals surface area contributed by atoms with E-state index in [1.807, 2.05) is 48.5 Å². The van der Waals surface area contributed by atoms with Gasteiger partial charge in [-0.2, -0.15) is 0 Å². The van der Waals surface area contributed by atoms with E-state index in [2.05, 4.69) is 4.90 Å². The summed E-state index contributed by atoms with van der Waals surface area (Å²) < 4.78 is 10.8. The summed E-state index contributed by atoms with van der Waals surface area (Å²) in [6, 6.07) is 15.3. The van der Waals surface area contributed by atoms with E-state index in [0.717, 1.165) is 29.2 Å². The first-order chi connectivity index (χ1) is 14.6. The van der Waals surface area contributed by atoms with Crippen LogP contribution in [0.1, 0.15) is 11.1 Å². The number of nitrogens with zero attached hydrogens (tertiary/aromatic N) is 2. The van der Waals surface area contributed by atoms with Gasteiger partial charge in [-0.15, -0.1) is 0 Å². The van der Waals surface area contributed by atoms with Crippen LogP contribution in [0, 0.1) is 5.92 Å². The minimum atomic E-state index is -0.946. The number of amides is 2. The van der Waals surface area contributed by atoms with Crippen molar-refractivity contribution in [3.63, 3.8) is 0 Å². The SMILES string of the molecule is O=C(NO)C(Cc1ccccc1)C(=O)N1CCN(Cc2ccc3c(c2)OCO3)CC1. The Labute approximate surface area is 174 Å². The summed E-state index contributed by atoms with van der Waals surface area (Å²) in [5.41, 5.74) is 3.65. The summed E-state index contributed by atoms with van der Waals surface area (Å²) in [6.45, 7) is 3.49. The van der Waals surface area contributed by atoms with Gasteiger partial charge < -0.3 is 14.4 Å². The number of fused-ring (bicyclic) bond motifs is 1. The van der Waals surface area contributed by atoms with Crippen LogP contribution in [-0.4, -0.2) is 59.8 Å². The van der Waals surface area contributed by atoms with Crippen molar-refractivity contribution in [2.45, 2.75) is 13.0 Å². The van der Waals surface area contributed by atoms with Gasteiger partial charge in [-0.25, -0.2) is 5.48 Å². The molecular weight excluding hydrogens is 386 g/mol. The van der Waals surface area contributed by atoms with Crippen LogP contribution in [0.3, 0.4) is 0 Å². The molecule has 2 aromatic rings. The average Bonchev–Trinajstić information content (AvgIpc) is 3.26. The smallest absolute Gasteiger partial charge is 0.256 e. The highest BCUT2D eigenvalue weighted by Crippen LogP contribution is 2.32. The van der Waals surface area contributed by atoms with Crippen molar-refractivity contribution in [1.82, 2.24) is 15.3 Å². The molecule has 2 aliphatic heterocycles. The van der Waals surface area contributed by atoms with Crippen LogP contribution >= 0.6 is 0 Å². The maximum atomic E-state index is 13.0. The molecular formula is C22H25N3O5. The van der Waals surface area contributed by atoms with E-state index in [-0.39, 0.29) is 19.1 Å². The number of hydrogen-bond donors (Lipinski definition) is 2. The highest BCUT2D eigenvalue weighted by Gasteiger charge is 2.32. The standard InChI is InChI=1S/C22H25N3O5/c26-21(23-28)18(12-16-4-2-1-3-5-16)22(27)25-10-8-24(9-11-25)14-17-6-7-19-20(13-17)30-15-29-19/h1-7,13,18,28H,8-12,14-15H2,(H,23,26). The predicted molar refractivity (Wildman–Crippen MR) is 108 cm³/mol. The van der Waals surface area contributed by atoms with Gasteiger partial charge in [0.05, 0.1) is 0 Å². The molecule has 2 amide bonds. The second-order valence-electron chi connectivity index (χ2n) is 7.51. The van der Waals surface area contributed by atoms with Gasteiger partial charge in [0.2, 0.25) is 12.7 Å². The maximum absolute atomic E-state index is 13.0. The molecule has 1 unspecified atom stereocenters. The van der Waals surface area contributed by atoms with E-state index in [0.29, 0.717) is 26.2 Å². The van der Waals surface area contributed by atoms with Gasteiger partial charge in [0.1, 0.15) is 5.92 Å². The van der Waals surface area contributed by atoms with Gasteiger partial charge in [0.25, 0.3) is 5.91 Å². The Hall–Kier alpha value is -3.10. The van der Waals surface area contributed by atoms with E-state index in [9.17, 15) is 9.59 Å². The summed E-state index contributed by atoms with van der Waals surface area (Å²) in [5, 5.41) is 9.11. The molecule has 158 valence electrons. The van der Waals surface area contributed by atoms with Crippen molar-refractivity contribution in [3.05, 3.63) is 59.7 Å². The largest absolute Gasteiger partial charge is 0.454 e. The molecule has 8 heteroatoms. The normalized spacial score (nSPS) is 16.9. The van der Waals surface area contributed by atoms with Crippen LogP contribution in [-0.2, 0) is 22.6 Å². The first kappa shape index (κ1) is 20.2. The molecule has 30 heavy (non-hydrogen) atoms. The number of piperazine rings is 1. The molecule has 0 saturated carbocycles. The van der Waals surface area contributed by atoms with Crippen LogP contribution < -0.4 is 15.0 Å². The van der Waals surface area contributed by atoms with Crippen LogP contribution in [0.2, 0.25) is 0 Å². The van der Waals surface area contributed by atoms with E-state index < -0.39 is 11.8 Å². The van der Waals surface area contributed by atoms with Gasteiger partial charge >= 0.3 is 0 Å². The van der Waals surface area contributed by atoms with Gasteiger partial charge in [-0.3, -0.25) is 19.7 Å². The Morgan fingerprint density at radius 1 is 0.967 bits per heavy atom. The van der Waals surface area contributed by atoms with Gasteiger partial charge in [-0.1, -0.05) is 36.4 Å². The first-order valence-electron chi connectivity index (χ1n) is 10.0. The molecule has 1 atom stereocenters. The summed E-state index contributed by atoms with van der Waals surface area (Å²) in [4.78, 5) is 29.1. The first-order valence-corrected chi connectivity index (χ1v) is 10.0. The molecule has 0 radical (unpaired) electrons. The third-order valence-electron chi connectivity index (χ3n) is 5.53. The van der Waals surface area contributed by atoms with Gasteiger partial charge in [-0.05, 0) is 29.7 Å². The van der Waals surface area contributed by atoms with Gasteiger partial charge in [0, 0.05) is 32.7 Å². The Morgan fingerprint density at radius 3 is 2.43 bits per heavy atom. The number of nitrogens with one attached hydrogen (secondary N) is 1. The number of hydrogen-bond acceptors (Lipinski definition) is 6. The zero-order valence-electron chi connectivity index (χ0n) is 16.6. The average molecular weight is 411 g/mol. The lowest BCUT2D eigenvalue weighted by atomic mass is 9.97. The summed E-state index contributed by atoms with van der Waals surface area (Å²) in [7, 11) is 0. The van der Waals surface area contributed by atoms with E-state index >= 15 is 0 Å². The highest BCUT2D eigenvalue weighted by atomic mass is 16.7. The Balaban J connectivity index is 1.34. The zero-order chi connectivity index (χ0) is 20.9. The number of rotatable bonds is 6. The number of hydroxylamine groups is 1. The zero-order valence-corrected chi connectivity index (χ0v) is 16.6. The van der Waals surface area contributed by atoms with E-state index in [1.165, 1.54) is 0 Å². The number of ether oxygens (including phenoxy) is 2. The lowest BCUT2D eigenvalue weighted by Crippen LogP contribution is -2.52. The molecule has 4 rings (SSSR count). The summed E-state index contributed by atoms with van der Waals surface area (Å²) in [5.74, 6) is -0.349. The Bertz CT molecular complexity index is 897. The minimum absolute atomic E-state index is 0.253. The fourth-order valence-electron chi connectivity index (χ4n) is 3.86. The van der Waals surface area contributed by atoms with E-state index in [4.69, 9.17) is 14.7 Å². The molecule has 2 aromatic carbocycles. The van der Waals surface area contributed by atoms with Gasteiger partial charge in [0.15, 0.2) is 11.5 Å². The monoisotopic (exact) mass is 411 g/mol. The lowest BCUT2D eigenvalue weighted by molar-refractivity contribution is -0.147. The summed E-state index contributed by atoms with van der Waals surface area (Å²) in [6.07, 6.45) is 0.253. The highest BCUT2D eigenvalue weighted by molar-refractivity contribution is 6.00. The van der Waals surface area contributed by atoms with Crippen LogP contribution in [0.5, 0.6) is 11.5 Å². The second kappa shape index (κ2) is 9.15. The second-order valence-corrected chi connectivity index (χ2v) is 7.51. The van der Waals surface area contributed by atoms with E-state index in [1.54, 1.807) is 10.4 Å². The number of benzene rings is 2. The Kier molecular flexibility index (Phi) is 6.15. The molecule has 2 aliphatic rings. The van der Waals surface area contributed by atoms with Crippen LogP contribution in [0.4, 0.5) is 0 Å². The van der Waals surface area contributed by atoms with Crippen molar-refractivity contribution < 1.29 is 24.3 Å². The Morgan fingerprint density at radius 2 is 1.70 bits per heavy atom. The van der Waals surface area contributed by atoms with Crippen molar-refractivity contribution in [3.8, 4) is 11.5 Å². The third-order valence-corrected chi connectivity index (χ3v) is 5.53. The van der Waals surface area contributed by atoms with Crippen molar-refractivity contribution >= 4 is 11.8 Å². The molecule has 8 nitrogen and oxygen atoms in total. The molecule has 0 aliphatic carbocycles. The van der Waals surface area contributed by atoms with Crippen molar-refractivity contribution in [2.24, 2.45) is 5.92 Å². The molecule has 0 bridgehead atoms. The molecule has 2 heterocycles. The van der Waals surface area contributed by atoms with Crippen molar-refractivity contribution in [1.29, 1.82) is 0 Å². The lowest BCUT2D eigenvalue weighted by Gasteiger charge is -2.36. The molecule has 0 spiro atoms. The predicted octanol–water partition coefficient (Wildman–Crippen LogP) is 1.42. The van der Waals surface area contributed by atoms with Crippen molar-refractivity contribution in [2.75, 3.05) is 33.0 Å².